The molecule has 0 aromatic heterocycles. The van der Waals surface area contributed by atoms with E-state index in [4.69, 9.17) is 0 Å². The highest BCUT2D eigenvalue weighted by Crippen LogP contribution is 2.22. The number of nitrogens with zero attached hydrogens (tertiary/aromatic N) is 2. The van der Waals surface area contributed by atoms with Crippen LogP contribution in [0.5, 0.6) is 0 Å². The lowest BCUT2D eigenvalue weighted by Crippen LogP contribution is -2.32. The van der Waals surface area contributed by atoms with Crippen LogP contribution in [0.3, 0.4) is 0 Å². The maximum atomic E-state index is 12.1. The van der Waals surface area contributed by atoms with E-state index in [0.717, 1.165) is 42.7 Å². The molecule has 2 aromatic carbocycles. The maximum absolute atomic E-state index is 12.1. The van der Waals surface area contributed by atoms with Gasteiger partial charge in [0.05, 0.1) is 17.9 Å². The molecule has 0 aliphatic rings. The summed E-state index contributed by atoms with van der Waals surface area (Å²) >= 11 is 0. The minimum Gasteiger partial charge on any atom is -0.347 e. The van der Waals surface area contributed by atoms with Gasteiger partial charge >= 0.3 is 0 Å². The van der Waals surface area contributed by atoms with Crippen LogP contribution in [-0.2, 0) is 23.3 Å². The Morgan fingerprint density at radius 3 is 1.79 bits per heavy atom. The summed E-state index contributed by atoms with van der Waals surface area (Å²) in [5, 5.41) is 16.4. The molecular formula is C26H35N5O5S2. The Hall–Kier alpha value is -3.25. The second-order valence-corrected chi connectivity index (χ2v) is 13.2. The summed E-state index contributed by atoms with van der Waals surface area (Å²) in [7, 11) is -2.43. The van der Waals surface area contributed by atoms with Gasteiger partial charge in [-0.1, -0.05) is 32.6 Å². The van der Waals surface area contributed by atoms with Gasteiger partial charge in [-0.3, -0.25) is 14.4 Å². The van der Waals surface area contributed by atoms with Crippen molar-refractivity contribution in [3.63, 3.8) is 0 Å². The summed E-state index contributed by atoms with van der Waals surface area (Å²) in [5.41, 5.74) is 2.31. The van der Waals surface area contributed by atoms with Crippen LogP contribution < -0.4 is 16.0 Å². The molecule has 10 nitrogen and oxygen atoms in total. The number of benzene rings is 2. The summed E-state index contributed by atoms with van der Waals surface area (Å²) in [6.45, 7) is 2.07. The first-order valence-corrected chi connectivity index (χ1v) is 15.9. The molecule has 0 heterocycles. The zero-order valence-corrected chi connectivity index (χ0v) is 23.4. The van der Waals surface area contributed by atoms with Gasteiger partial charge in [0.2, 0.25) is 17.7 Å². The van der Waals surface area contributed by atoms with Crippen molar-refractivity contribution in [1.29, 1.82) is 0 Å². The largest absolute Gasteiger partial charge is 0.347 e. The summed E-state index contributed by atoms with van der Waals surface area (Å²) in [5.74, 6) is -0.510. The van der Waals surface area contributed by atoms with Crippen molar-refractivity contribution in [2.24, 2.45) is 10.2 Å². The number of unbranched alkanes of at least 4 members (excludes halogenated alkanes) is 4. The van der Waals surface area contributed by atoms with E-state index in [0.29, 0.717) is 29.2 Å². The lowest BCUT2D eigenvalue weighted by atomic mass is 10.1. The normalized spacial score (nSPS) is 11.3. The Labute approximate surface area is 227 Å². The summed E-state index contributed by atoms with van der Waals surface area (Å²) < 4.78 is 22.2. The van der Waals surface area contributed by atoms with E-state index in [9.17, 15) is 22.8 Å². The Kier molecular flexibility index (Phi) is 13.5. The van der Waals surface area contributed by atoms with E-state index < -0.39 is 8.87 Å². The molecule has 0 atom stereocenters. The lowest BCUT2D eigenvalue weighted by Gasteiger charge is -2.07. The van der Waals surface area contributed by atoms with Crippen LogP contribution >= 0.6 is 10.8 Å². The molecule has 0 bridgehead atoms. The van der Waals surface area contributed by atoms with Crippen LogP contribution in [0.25, 0.3) is 0 Å². The van der Waals surface area contributed by atoms with Gasteiger partial charge in [0.15, 0.2) is 8.87 Å². The third-order valence-electron chi connectivity index (χ3n) is 5.16. The van der Waals surface area contributed by atoms with Crippen molar-refractivity contribution in [3.05, 3.63) is 48.5 Å². The van der Waals surface area contributed by atoms with E-state index in [1.54, 1.807) is 48.5 Å². The first-order valence-electron chi connectivity index (χ1n) is 12.5. The molecule has 0 saturated heterocycles. The van der Waals surface area contributed by atoms with E-state index in [1.807, 2.05) is 0 Å². The number of azo groups is 1. The molecule has 0 fully saturated rings. The van der Waals surface area contributed by atoms with Crippen LogP contribution in [0.1, 0.15) is 51.9 Å². The number of rotatable bonds is 16. The molecule has 0 spiro atoms. The SMILES string of the molecule is CCCCCCCC(=O)NCC(=O)Nc1ccc(N=Nc2ccc(NC(=O)CCSS(C)(=O)=O)cc2)cc1. The number of hydrogen-bond donors (Lipinski definition) is 3. The molecule has 0 radical (unpaired) electrons. The predicted molar refractivity (Wildman–Crippen MR) is 153 cm³/mol. The molecule has 38 heavy (non-hydrogen) atoms. The average Bonchev–Trinajstić information content (AvgIpc) is 2.87. The van der Waals surface area contributed by atoms with Crippen LogP contribution in [-0.4, -0.2) is 44.7 Å². The summed E-state index contributed by atoms with van der Waals surface area (Å²) in [6, 6.07) is 13.6. The molecule has 3 amide bonds. The number of carbonyl (C=O) groups is 3. The Bertz CT molecular complexity index is 1180. The first kappa shape index (κ1) is 31.0. The first-order chi connectivity index (χ1) is 18.1. The van der Waals surface area contributed by atoms with Crippen LogP contribution in [0.2, 0.25) is 0 Å². The number of anilines is 2. The average molecular weight is 562 g/mol. The molecule has 206 valence electrons. The zero-order chi connectivity index (χ0) is 27.8. The molecule has 0 saturated carbocycles. The monoisotopic (exact) mass is 561 g/mol. The minimum absolute atomic E-state index is 0.0781. The van der Waals surface area contributed by atoms with Crippen LogP contribution in [0, 0.1) is 0 Å². The van der Waals surface area contributed by atoms with Crippen LogP contribution in [0.15, 0.2) is 58.8 Å². The Morgan fingerprint density at radius 1 is 0.737 bits per heavy atom. The number of carbonyl (C=O) groups excluding carboxylic acids is 3. The zero-order valence-electron chi connectivity index (χ0n) is 21.7. The minimum atomic E-state index is -3.16. The van der Waals surface area contributed by atoms with E-state index in [1.165, 1.54) is 6.42 Å². The predicted octanol–water partition coefficient (Wildman–Crippen LogP) is 5.54. The van der Waals surface area contributed by atoms with Crippen molar-refractivity contribution >= 4 is 60.1 Å². The van der Waals surface area contributed by atoms with Gasteiger partial charge in [0, 0.05) is 36.2 Å². The highest BCUT2D eigenvalue weighted by Gasteiger charge is 2.08. The number of hydrogen-bond acceptors (Lipinski definition) is 8. The highest BCUT2D eigenvalue weighted by molar-refractivity contribution is 8.71. The molecular weight excluding hydrogens is 526 g/mol. The van der Waals surface area contributed by atoms with Crippen molar-refractivity contribution < 1.29 is 22.8 Å². The fourth-order valence-corrected chi connectivity index (χ4v) is 4.94. The van der Waals surface area contributed by atoms with Crippen molar-refractivity contribution in [2.45, 2.75) is 51.9 Å². The van der Waals surface area contributed by atoms with E-state index in [-0.39, 0.29) is 36.4 Å². The van der Waals surface area contributed by atoms with Crippen LogP contribution in [0.4, 0.5) is 22.7 Å². The van der Waals surface area contributed by atoms with Crippen molar-refractivity contribution in [1.82, 2.24) is 5.32 Å². The molecule has 0 aliphatic carbocycles. The second-order valence-electron chi connectivity index (χ2n) is 8.61. The molecule has 2 aromatic rings. The molecule has 0 unspecified atom stereocenters. The van der Waals surface area contributed by atoms with Crippen molar-refractivity contribution in [2.75, 3.05) is 29.2 Å². The van der Waals surface area contributed by atoms with Gasteiger partial charge in [0.25, 0.3) is 0 Å². The standard InChI is InChI=1S/C26H35N5O5S2/c1-3-4-5-6-7-8-24(32)27-19-26(34)29-21-11-15-23(16-12-21)31-30-22-13-9-20(10-14-22)28-25(33)17-18-37-38(2,35)36/h9-16H,3-8,17-19H2,1-2H3,(H,27,32)(H,28,33)(H,29,34). The quantitative estimate of drug-likeness (QED) is 0.139. The number of nitrogens with one attached hydrogen (secondary N) is 3. The highest BCUT2D eigenvalue weighted by atomic mass is 33.1. The lowest BCUT2D eigenvalue weighted by molar-refractivity contribution is -0.124. The van der Waals surface area contributed by atoms with Gasteiger partial charge in [-0.25, -0.2) is 8.42 Å². The fraction of sp³-hybridized carbons (Fsp3) is 0.423. The number of amides is 3. The third kappa shape index (κ3) is 13.9. The van der Waals surface area contributed by atoms with E-state index in [2.05, 4.69) is 33.1 Å². The molecule has 2 rings (SSSR count). The van der Waals surface area contributed by atoms with Gasteiger partial charge < -0.3 is 16.0 Å². The van der Waals surface area contributed by atoms with Gasteiger partial charge in [0.1, 0.15) is 0 Å². The van der Waals surface area contributed by atoms with Gasteiger partial charge in [-0.2, -0.15) is 10.2 Å². The summed E-state index contributed by atoms with van der Waals surface area (Å²) in [6.07, 6.45) is 6.94. The maximum Gasteiger partial charge on any atom is 0.243 e. The third-order valence-corrected chi connectivity index (χ3v) is 7.75. The molecule has 12 heteroatoms. The Morgan fingerprint density at radius 2 is 1.26 bits per heavy atom. The molecule has 0 aliphatic heterocycles. The van der Waals surface area contributed by atoms with Gasteiger partial charge in [-0.15, -0.1) is 0 Å². The Balaban J connectivity index is 1.73. The smallest absolute Gasteiger partial charge is 0.243 e. The molecule has 3 N–H and O–H groups in total. The second kappa shape index (κ2) is 16.6. The summed E-state index contributed by atoms with van der Waals surface area (Å²) in [4.78, 5) is 35.9. The van der Waals surface area contributed by atoms with E-state index >= 15 is 0 Å². The topological polar surface area (TPSA) is 146 Å². The van der Waals surface area contributed by atoms with Crippen molar-refractivity contribution in [3.8, 4) is 0 Å². The van der Waals surface area contributed by atoms with Gasteiger partial charge in [-0.05, 0) is 65.7 Å². The fourth-order valence-electron chi connectivity index (χ4n) is 3.21.